The van der Waals surface area contributed by atoms with Crippen molar-refractivity contribution in [2.24, 2.45) is 0 Å². The second-order valence-corrected chi connectivity index (χ2v) is 4.97. The number of hydrogen-bond acceptors (Lipinski definition) is 4. The summed E-state index contributed by atoms with van der Waals surface area (Å²) in [5.41, 5.74) is -1.06. The van der Waals surface area contributed by atoms with Gasteiger partial charge in [-0.05, 0) is 24.6 Å². The molecule has 1 aromatic carbocycles. The highest BCUT2D eigenvalue weighted by atomic mass is 19.4. The van der Waals surface area contributed by atoms with E-state index >= 15 is 0 Å². The summed E-state index contributed by atoms with van der Waals surface area (Å²) in [6, 6.07) is 8.48. The molecule has 0 fully saturated rings. The van der Waals surface area contributed by atoms with Gasteiger partial charge in [-0.15, -0.1) is 0 Å². The molecule has 2 aromatic rings. The van der Waals surface area contributed by atoms with Crippen molar-refractivity contribution in [3.8, 4) is 5.75 Å². The highest BCUT2D eigenvalue weighted by molar-refractivity contribution is 5.31. The zero-order valence-corrected chi connectivity index (χ0v) is 12.2. The molecule has 23 heavy (non-hydrogen) atoms. The Morgan fingerprint density at radius 2 is 1.96 bits per heavy atom. The number of aliphatic hydroxyl groups excluding tert-OH is 1. The van der Waals surface area contributed by atoms with Crippen molar-refractivity contribution in [2.75, 3.05) is 6.61 Å². The molecule has 0 radical (unpaired) electrons. The van der Waals surface area contributed by atoms with Crippen LogP contribution >= 0.6 is 0 Å². The summed E-state index contributed by atoms with van der Waals surface area (Å²) in [5, 5.41) is 13.1. The van der Waals surface area contributed by atoms with Crippen molar-refractivity contribution in [1.82, 2.24) is 9.78 Å². The number of para-hydroxylation sites is 1. The molecule has 124 valence electrons. The van der Waals surface area contributed by atoms with Crippen LogP contribution in [0.3, 0.4) is 0 Å². The number of benzene rings is 1. The van der Waals surface area contributed by atoms with Crippen LogP contribution in [-0.2, 0) is 12.7 Å². The zero-order chi connectivity index (χ0) is 17.0. The van der Waals surface area contributed by atoms with Gasteiger partial charge >= 0.3 is 6.18 Å². The molecule has 0 bridgehead atoms. The maximum atomic E-state index is 12.6. The Morgan fingerprint density at radius 1 is 1.26 bits per heavy atom. The number of hydrogen-bond donors (Lipinski definition) is 1. The molecule has 8 heteroatoms. The number of aromatic nitrogens is 2. The lowest BCUT2D eigenvalue weighted by Gasteiger charge is -2.15. The number of rotatable bonds is 5. The minimum atomic E-state index is -4.65. The average molecular weight is 328 g/mol. The molecular weight excluding hydrogens is 313 g/mol. The first-order valence-electron chi connectivity index (χ1n) is 6.79. The minimum absolute atomic E-state index is 0.171. The predicted molar refractivity (Wildman–Crippen MR) is 76.2 cm³/mol. The largest absolute Gasteiger partial charge is 0.491 e. The van der Waals surface area contributed by atoms with Crippen molar-refractivity contribution >= 4 is 0 Å². The average Bonchev–Trinajstić information content (AvgIpc) is 2.47. The van der Waals surface area contributed by atoms with Gasteiger partial charge in [-0.1, -0.05) is 18.2 Å². The third-order valence-electron chi connectivity index (χ3n) is 3.07. The molecule has 1 aromatic heterocycles. The number of aryl methyl sites for hydroxylation is 1. The fourth-order valence-corrected chi connectivity index (χ4v) is 1.89. The Hall–Kier alpha value is -2.35. The zero-order valence-electron chi connectivity index (χ0n) is 12.2. The van der Waals surface area contributed by atoms with E-state index in [-0.39, 0.29) is 6.61 Å². The molecule has 1 N–H and O–H groups in total. The highest BCUT2D eigenvalue weighted by Gasteiger charge is 2.33. The van der Waals surface area contributed by atoms with Crippen LogP contribution in [0.15, 0.2) is 41.2 Å². The van der Waals surface area contributed by atoms with Crippen molar-refractivity contribution in [3.05, 3.63) is 58.0 Å². The van der Waals surface area contributed by atoms with Gasteiger partial charge in [0.15, 0.2) is 5.69 Å². The molecule has 1 heterocycles. The number of aliphatic hydroxyl groups is 1. The molecule has 0 aliphatic rings. The summed E-state index contributed by atoms with van der Waals surface area (Å²) in [7, 11) is 0. The standard InChI is InChI=1S/C15H15F3N2O3/c1-10-4-2-3-5-12(10)23-9-11(21)8-20-14(22)7-6-13(19-20)15(16,17)18/h2-7,11,21H,8-9H2,1H3. The topological polar surface area (TPSA) is 64.3 Å². The van der Waals surface area contributed by atoms with E-state index in [1.54, 1.807) is 12.1 Å². The van der Waals surface area contributed by atoms with Gasteiger partial charge in [0, 0.05) is 6.07 Å². The highest BCUT2D eigenvalue weighted by Crippen LogP contribution is 2.26. The summed E-state index contributed by atoms with van der Waals surface area (Å²) >= 11 is 0. The van der Waals surface area contributed by atoms with E-state index in [1.165, 1.54) is 0 Å². The molecule has 0 saturated heterocycles. The van der Waals surface area contributed by atoms with Crippen molar-refractivity contribution in [1.29, 1.82) is 0 Å². The minimum Gasteiger partial charge on any atom is -0.491 e. The van der Waals surface area contributed by atoms with Gasteiger partial charge < -0.3 is 9.84 Å². The number of halogens is 3. The third-order valence-corrected chi connectivity index (χ3v) is 3.07. The van der Waals surface area contributed by atoms with Gasteiger partial charge in [0.1, 0.15) is 18.5 Å². The van der Waals surface area contributed by atoms with Crippen molar-refractivity contribution < 1.29 is 23.0 Å². The number of nitrogens with zero attached hydrogens (tertiary/aromatic N) is 2. The van der Waals surface area contributed by atoms with E-state index in [1.807, 2.05) is 19.1 Å². The van der Waals surface area contributed by atoms with Crippen LogP contribution in [0, 0.1) is 6.92 Å². The SMILES string of the molecule is Cc1ccccc1OCC(O)Cn1nc(C(F)(F)F)ccc1=O. The van der Waals surface area contributed by atoms with E-state index in [9.17, 15) is 23.1 Å². The lowest BCUT2D eigenvalue weighted by atomic mass is 10.2. The monoisotopic (exact) mass is 328 g/mol. The predicted octanol–water partition coefficient (Wildman–Crippen LogP) is 2.01. The van der Waals surface area contributed by atoms with Crippen LogP contribution < -0.4 is 10.3 Å². The molecule has 0 amide bonds. The molecule has 1 atom stereocenters. The summed E-state index contributed by atoms with van der Waals surface area (Å²) in [4.78, 5) is 11.5. The summed E-state index contributed by atoms with van der Waals surface area (Å²) in [6.07, 6.45) is -5.83. The van der Waals surface area contributed by atoms with Crippen LogP contribution in [0.5, 0.6) is 5.75 Å². The molecule has 0 aliphatic carbocycles. The number of alkyl halides is 3. The Bertz CT molecular complexity index is 728. The van der Waals surface area contributed by atoms with Crippen LogP contribution in [0.1, 0.15) is 11.3 Å². The second kappa shape index (κ2) is 6.82. The van der Waals surface area contributed by atoms with E-state index in [4.69, 9.17) is 4.74 Å². The normalized spacial score (nSPS) is 12.9. The van der Waals surface area contributed by atoms with Crippen LogP contribution in [0.2, 0.25) is 0 Å². The lowest BCUT2D eigenvalue weighted by molar-refractivity contribution is -0.142. The quantitative estimate of drug-likeness (QED) is 0.912. The van der Waals surface area contributed by atoms with Crippen LogP contribution in [-0.4, -0.2) is 27.6 Å². The summed E-state index contributed by atoms with van der Waals surface area (Å²) < 4.78 is 43.7. The van der Waals surface area contributed by atoms with Crippen LogP contribution in [0.4, 0.5) is 13.2 Å². The van der Waals surface area contributed by atoms with E-state index in [0.717, 1.165) is 11.6 Å². The Labute approximate surface area is 129 Å². The first kappa shape index (κ1) is 17.0. The van der Waals surface area contributed by atoms with Gasteiger partial charge in [-0.3, -0.25) is 4.79 Å². The fraction of sp³-hybridized carbons (Fsp3) is 0.333. The second-order valence-electron chi connectivity index (χ2n) is 4.97. The van der Waals surface area contributed by atoms with Crippen molar-refractivity contribution in [2.45, 2.75) is 25.7 Å². The van der Waals surface area contributed by atoms with Gasteiger partial charge in [0.05, 0.1) is 6.54 Å². The van der Waals surface area contributed by atoms with Gasteiger partial charge in [-0.2, -0.15) is 18.3 Å². The first-order chi connectivity index (χ1) is 10.8. The summed E-state index contributed by atoms with van der Waals surface area (Å²) in [5.74, 6) is 0.552. The summed E-state index contributed by atoms with van der Waals surface area (Å²) in [6.45, 7) is 1.25. The smallest absolute Gasteiger partial charge is 0.435 e. The molecule has 1 unspecified atom stereocenters. The Balaban J connectivity index is 2.04. The van der Waals surface area contributed by atoms with Crippen molar-refractivity contribution in [3.63, 3.8) is 0 Å². The third kappa shape index (κ3) is 4.56. The Morgan fingerprint density at radius 3 is 2.61 bits per heavy atom. The first-order valence-corrected chi connectivity index (χ1v) is 6.79. The molecule has 2 rings (SSSR count). The molecule has 0 aliphatic heterocycles. The van der Waals surface area contributed by atoms with Gasteiger partial charge in [0.2, 0.25) is 0 Å². The van der Waals surface area contributed by atoms with E-state index in [0.29, 0.717) is 16.5 Å². The Kier molecular flexibility index (Phi) is 5.05. The lowest BCUT2D eigenvalue weighted by Crippen LogP contribution is -2.33. The maximum Gasteiger partial charge on any atom is 0.435 e. The molecule has 0 spiro atoms. The number of ether oxygens (including phenoxy) is 1. The maximum absolute atomic E-state index is 12.6. The van der Waals surface area contributed by atoms with Gasteiger partial charge in [-0.25, -0.2) is 4.68 Å². The molecule has 0 saturated carbocycles. The molecular formula is C15H15F3N2O3. The molecule has 5 nitrogen and oxygen atoms in total. The van der Waals surface area contributed by atoms with E-state index < -0.39 is 30.1 Å². The van der Waals surface area contributed by atoms with Gasteiger partial charge in [0.25, 0.3) is 5.56 Å². The fourth-order valence-electron chi connectivity index (χ4n) is 1.89. The van der Waals surface area contributed by atoms with E-state index in [2.05, 4.69) is 5.10 Å². The van der Waals surface area contributed by atoms with Crippen LogP contribution in [0.25, 0.3) is 0 Å².